The summed E-state index contributed by atoms with van der Waals surface area (Å²) in [6.45, 7) is -0.159. The average Bonchev–Trinajstić information content (AvgIpc) is 2.64. The van der Waals surface area contributed by atoms with Gasteiger partial charge in [0.05, 0.1) is 0 Å². The molecule has 3 rings (SSSR count). The van der Waals surface area contributed by atoms with E-state index in [2.05, 4.69) is 5.32 Å². The summed E-state index contributed by atoms with van der Waals surface area (Å²) < 4.78 is 23.8. The number of hydrogen-bond donors (Lipinski definition) is 1. The van der Waals surface area contributed by atoms with Crippen LogP contribution in [-0.4, -0.2) is 12.5 Å². The minimum absolute atomic E-state index is 0.159. The Hall–Kier alpha value is -3.34. The zero-order chi connectivity index (χ0) is 17.5. The molecule has 0 saturated heterocycles. The molecule has 1 amide bonds. The monoisotopic (exact) mass is 337 g/mol. The van der Waals surface area contributed by atoms with Gasteiger partial charge in [-0.05, 0) is 60.7 Å². The molecule has 126 valence electrons. The molecule has 0 fully saturated rings. The van der Waals surface area contributed by atoms with Crippen LogP contribution in [0.1, 0.15) is 0 Å². The average molecular weight is 337 g/mol. The fourth-order valence-corrected chi connectivity index (χ4v) is 2.11. The van der Waals surface area contributed by atoms with Crippen molar-refractivity contribution in [2.24, 2.45) is 0 Å². The van der Waals surface area contributed by atoms with E-state index >= 15 is 0 Å². The highest BCUT2D eigenvalue weighted by Crippen LogP contribution is 2.22. The molecule has 3 aromatic rings. The van der Waals surface area contributed by atoms with Crippen LogP contribution < -0.4 is 14.8 Å². The minimum atomic E-state index is -0.352. The van der Waals surface area contributed by atoms with Crippen LogP contribution in [0.3, 0.4) is 0 Å². The van der Waals surface area contributed by atoms with Crippen molar-refractivity contribution in [1.82, 2.24) is 0 Å². The van der Waals surface area contributed by atoms with Crippen LogP contribution in [-0.2, 0) is 4.79 Å². The van der Waals surface area contributed by atoms with Crippen molar-refractivity contribution in [2.75, 3.05) is 11.9 Å². The van der Waals surface area contributed by atoms with E-state index in [0.29, 0.717) is 17.2 Å². The van der Waals surface area contributed by atoms with Crippen LogP contribution in [0.4, 0.5) is 10.1 Å². The van der Waals surface area contributed by atoms with Crippen molar-refractivity contribution >= 4 is 11.6 Å². The summed E-state index contributed by atoms with van der Waals surface area (Å²) in [5.41, 5.74) is 0.633. The number of rotatable bonds is 6. The molecule has 0 atom stereocenters. The van der Waals surface area contributed by atoms with Crippen LogP contribution in [0.5, 0.6) is 17.2 Å². The van der Waals surface area contributed by atoms with Crippen LogP contribution in [0.2, 0.25) is 0 Å². The van der Waals surface area contributed by atoms with Crippen molar-refractivity contribution in [3.63, 3.8) is 0 Å². The van der Waals surface area contributed by atoms with Crippen LogP contribution >= 0.6 is 0 Å². The maximum Gasteiger partial charge on any atom is 0.262 e. The molecule has 0 radical (unpaired) electrons. The Morgan fingerprint density at radius 1 is 0.800 bits per heavy atom. The Balaban J connectivity index is 1.50. The first kappa shape index (κ1) is 16.5. The number of ether oxygens (including phenoxy) is 2. The Morgan fingerprint density at radius 2 is 1.40 bits per heavy atom. The molecule has 0 aliphatic carbocycles. The topological polar surface area (TPSA) is 47.6 Å². The van der Waals surface area contributed by atoms with Crippen molar-refractivity contribution < 1.29 is 18.7 Å². The SMILES string of the molecule is O=C(COc1ccc(F)cc1)Nc1ccc(Oc2ccccc2)cc1. The third kappa shape index (κ3) is 5.07. The van der Waals surface area contributed by atoms with E-state index in [1.807, 2.05) is 30.3 Å². The van der Waals surface area contributed by atoms with E-state index in [-0.39, 0.29) is 18.3 Å². The molecule has 4 nitrogen and oxygen atoms in total. The molecule has 1 N–H and O–H groups in total. The van der Waals surface area contributed by atoms with Crippen molar-refractivity contribution in [1.29, 1.82) is 0 Å². The van der Waals surface area contributed by atoms with Crippen LogP contribution in [0.15, 0.2) is 78.9 Å². The molecule has 0 bridgehead atoms. The molecule has 0 aliphatic rings. The third-order valence-electron chi connectivity index (χ3n) is 3.30. The molecule has 25 heavy (non-hydrogen) atoms. The number of benzene rings is 3. The third-order valence-corrected chi connectivity index (χ3v) is 3.30. The van der Waals surface area contributed by atoms with Gasteiger partial charge in [-0.3, -0.25) is 4.79 Å². The van der Waals surface area contributed by atoms with Gasteiger partial charge in [0.2, 0.25) is 0 Å². The minimum Gasteiger partial charge on any atom is -0.484 e. The summed E-state index contributed by atoms with van der Waals surface area (Å²) in [5, 5.41) is 2.72. The van der Waals surface area contributed by atoms with Gasteiger partial charge >= 0.3 is 0 Å². The molecule has 0 spiro atoms. The lowest BCUT2D eigenvalue weighted by atomic mass is 10.3. The van der Waals surface area contributed by atoms with E-state index < -0.39 is 0 Å². The molecule has 0 aliphatic heterocycles. The predicted octanol–water partition coefficient (Wildman–Crippen LogP) is 4.64. The maximum absolute atomic E-state index is 12.8. The number of anilines is 1. The zero-order valence-electron chi connectivity index (χ0n) is 13.3. The number of nitrogens with one attached hydrogen (secondary N) is 1. The summed E-state index contributed by atoms with van der Waals surface area (Å²) in [5.74, 6) is 1.19. The first-order chi connectivity index (χ1) is 12.2. The number of carbonyl (C=O) groups excluding carboxylic acids is 1. The van der Waals surface area contributed by atoms with Gasteiger partial charge in [-0.25, -0.2) is 4.39 Å². The number of para-hydroxylation sites is 1. The molecule has 5 heteroatoms. The number of halogens is 1. The molecular formula is C20H16FNO3. The van der Waals surface area contributed by atoms with E-state index in [1.165, 1.54) is 24.3 Å². The normalized spacial score (nSPS) is 10.1. The first-order valence-electron chi connectivity index (χ1n) is 7.70. The van der Waals surface area contributed by atoms with E-state index in [4.69, 9.17) is 9.47 Å². The fourth-order valence-electron chi connectivity index (χ4n) is 2.11. The lowest BCUT2D eigenvalue weighted by Gasteiger charge is -2.09. The highest BCUT2D eigenvalue weighted by Gasteiger charge is 2.05. The second kappa shape index (κ2) is 7.97. The summed E-state index contributed by atoms with van der Waals surface area (Å²) in [4.78, 5) is 11.9. The highest BCUT2D eigenvalue weighted by molar-refractivity contribution is 5.91. The summed E-state index contributed by atoms with van der Waals surface area (Å²) in [6.07, 6.45) is 0. The van der Waals surface area contributed by atoms with Crippen molar-refractivity contribution in [3.8, 4) is 17.2 Å². The first-order valence-corrected chi connectivity index (χ1v) is 7.70. The van der Waals surface area contributed by atoms with Crippen LogP contribution in [0.25, 0.3) is 0 Å². The second-order valence-electron chi connectivity index (χ2n) is 5.23. The predicted molar refractivity (Wildman–Crippen MR) is 93.5 cm³/mol. The molecular weight excluding hydrogens is 321 g/mol. The van der Waals surface area contributed by atoms with E-state index in [0.717, 1.165) is 5.75 Å². The lowest BCUT2D eigenvalue weighted by molar-refractivity contribution is -0.118. The van der Waals surface area contributed by atoms with Gasteiger partial charge < -0.3 is 14.8 Å². The van der Waals surface area contributed by atoms with Gasteiger partial charge in [0.1, 0.15) is 23.1 Å². The summed E-state index contributed by atoms with van der Waals surface area (Å²) >= 11 is 0. The zero-order valence-corrected chi connectivity index (χ0v) is 13.3. The summed E-state index contributed by atoms with van der Waals surface area (Å²) in [6, 6.07) is 21.9. The maximum atomic E-state index is 12.8. The number of carbonyl (C=O) groups is 1. The second-order valence-corrected chi connectivity index (χ2v) is 5.23. The van der Waals surface area contributed by atoms with Gasteiger partial charge in [-0.2, -0.15) is 0 Å². The smallest absolute Gasteiger partial charge is 0.262 e. The Kier molecular flexibility index (Phi) is 5.26. The Morgan fingerprint density at radius 3 is 2.08 bits per heavy atom. The molecule has 0 unspecified atom stereocenters. The molecule has 0 aromatic heterocycles. The highest BCUT2D eigenvalue weighted by atomic mass is 19.1. The van der Waals surface area contributed by atoms with Gasteiger partial charge in [0, 0.05) is 5.69 Å². The quantitative estimate of drug-likeness (QED) is 0.713. The van der Waals surface area contributed by atoms with Crippen molar-refractivity contribution in [2.45, 2.75) is 0 Å². The molecule has 0 saturated carbocycles. The van der Waals surface area contributed by atoms with Crippen molar-refractivity contribution in [3.05, 3.63) is 84.7 Å². The standard InChI is InChI=1S/C20H16FNO3/c21-15-6-10-17(11-7-15)24-14-20(23)22-16-8-12-19(13-9-16)25-18-4-2-1-3-5-18/h1-13H,14H2,(H,22,23). The molecule has 0 heterocycles. The fraction of sp³-hybridized carbons (Fsp3) is 0.0500. The van der Waals surface area contributed by atoms with E-state index in [1.54, 1.807) is 24.3 Å². The lowest BCUT2D eigenvalue weighted by Crippen LogP contribution is -2.20. The number of amides is 1. The molecule has 3 aromatic carbocycles. The number of hydrogen-bond acceptors (Lipinski definition) is 3. The van der Waals surface area contributed by atoms with E-state index in [9.17, 15) is 9.18 Å². The Labute approximate surface area is 144 Å². The largest absolute Gasteiger partial charge is 0.484 e. The van der Waals surface area contributed by atoms with Gasteiger partial charge in [0.25, 0.3) is 5.91 Å². The Bertz CT molecular complexity index is 818. The van der Waals surface area contributed by atoms with Crippen LogP contribution in [0, 0.1) is 5.82 Å². The van der Waals surface area contributed by atoms with Gasteiger partial charge in [-0.1, -0.05) is 18.2 Å². The van der Waals surface area contributed by atoms with Gasteiger partial charge in [-0.15, -0.1) is 0 Å². The summed E-state index contributed by atoms with van der Waals surface area (Å²) in [7, 11) is 0. The van der Waals surface area contributed by atoms with Gasteiger partial charge in [0.15, 0.2) is 6.61 Å².